The highest BCUT2D eigenvalue weighted by Gasteiger charge is 2.19. The molecule has 0 aromatic carbocycles. The molecule has 2 heterocycles. The standard InChI is InChI=1S/C13H26N2O/c1-12-4-3-5-14(10-12)6-7-15-8-9-16-13(2)11-15/h12-13H,3-11H2,1-2H3. The van der Waals surface area contributed by atoms with Gasteiger partial charge >= 0.3 is 0 Å². The summed E-state index contributed by atoms with van der Waals surface area (Å²) in [5.74, 6) is 0.900. The van der Waals surface area contributed by atoms with Gasteiger partial charge in [-0.05, 0) is 32.2 Å². The maximum absolute atomic E-state index is 5.56. The van der Waals surface area contributed by atoms with Crippen molar-refractivity contribution in [1.82, 2.24) is 9.80 Å². The molecule has 2 aliphatic heterocycles. The van der Waals surface area contributed by atoms with Crippen LogP contribution in [0.25, 0.3) is 0 Å². The van der Waals surface area contributed by atoms with Crippen molar-refractivity contribution in [3.63, 3.8) is 0 Å². The number of likely N-dealkylation sites (tertiary alicyclic amines) is 1. The van der Waals surface area contributed by atoms with Crippen LogP contribution in [-0.4, -0.2) is 61.8 Å². The average Bonchev–Trinajstić information content (AvgIpc) is 2.27. The van der Waals surface area contributed by atoms with E-state index in [0.29, 0.717) is 6.10 Å². The molecule has 2 saturated heterocycles. The highest BCUT2D eigenvalue weighted by atomic mass is 16.5. The number of morpholine rings is 1. The van der Waals surface area contributed by atoms with Crippen molar-refractivity contribution in [2.24, 2.45) is 5.92 Å². The molecule has 0 radical (unpaired) electrons. The Morgan fingerprint density at radius 3 is 2.50 bits per heavy atom. The van der Waals surface area contributed by atoms with Crippen molar-refractivity contribution in [2.45, 2.75) is 32.8 Å². The maximum atomic E-state index is 5.56. The van der Waals surface area contributed by atoms with Crippen LogP contribution in [0.1, 0.15) is 26.7 Å². The van der Waals surface area contributed by atoms with Crippen LogP contribution in [0.5, 0.6) is 0 Å². The van der Waals surface area contributed by atoms with Gasteiger partial charge in [-0.2, -0.15) is 0 Å². The molecular formula is C13H26N2O. The summed E-state index contributed by atoms with van der Waals surface area (Å²) in [7, 11) is 0. The maximum Gasteiger partial charge on any atom is 0.0674 e. The SMILES string of the molecule is CC1CCCN(CCN2CCOC(C)C2)C1. The van der Waals surface area contributed by atoms with E-state index in [2.05, 4.69) is 23.6 Å². The summed E-state index contributed by atoms with van der Waals surface area (Å²) in [5.41, 5.74) is 0. The highest BCUT2D eigenvalue weighted by Crippen LogP contribution is 2.15. The van der Waals surface area contributed by atoms with Gasteiger partial charge in [-0.25, -0.2) is 0 Å². The number of piperidine rings is 1. The van der Waals surface area contributed by atoms with Crippen molar-refractivity contribution in [2.75, 3.05) is 45.9 Å². The molecular weight excluding hydrogens is 200 g/mol. The summed E-state index contributed by atoms with van der Waals surface area (Å²) in [6, 6.07) is 0. The number of ether oxygens (including phenoxy) is 1. The topological polar surface area (TPSA) is 15.7 Å². The van der Waals surface area contributed by atoms with E-state index in [-0.39, 0.29) is 0 Å². The molecule has 3 nitrogen and oxygen atoms in total. The van der Waals surface area contributed by atoms with Gasteiger partial charge < -0.3 is 9.64 Å². The molecule has 2 rings (SSSR count). The third kappa shape index (κ3) is 3.72. The number of hydrogen-bond donors (Lipinski definition) is 0. The summed E-state index contributed by atoms with van der Waals surface area (Å²) < 4.78 is 5.56. The third-order valence-electron chi connectivity index (χ3n) is 3.80. The molecule has 2 aliphatic rings. The van der Waals surface area contributed by atoms with Gasteiger partial charge in [0.2, 0.25) is 0 Å². The van der Waals surface area contributed by atoms with Crippen molar-refractivity contribution < 1.29 is 4.74 Å². The molecule has 0 aliphatic carbocycles. The zero-order chi connectivity index (χ0) is 11.4. The van der Waals surface area contributed by atoms with Crippen LogP contribution in [0.4, 0.5) is 0 Å². The molecule has 94 valence electrons. The Bertz CT molecular complexity index is 188. The molecule has 3 heteroatoms. The Balaban J connectivity index is 1.66. The largest absolute Gasteiger partial charge is 0.376 e. The van der Waals surface area contributed by atoms with Gasteiger partial charge in [-0.1, -0.05) is 6.92 Å². The van der Waals surface area contributed by atoms with Crippen LogP contribution >= 0.6 is 0 Å². The quantitative estimate of drug-likeness (QED) is 0.724. The summed E-state index contributed by atoms with van der Waals surface area (Å²) in [6.45, 7) is 12.8. The first kappa shape index (κ1) is 12.3. The Morgan fingerprint density at radius 1 is 1.06 bits per heavy atom. The van der Waals surface area contributed by atoms with Crippen LogP contribution in [0.3, 0.4) is 0 Å². The fourth-order valence-electron chi connectivity index (χ4n) is 2.87. The molecule has 0 spiro atoms. The van der Waals surface area contributed by atoms with E-state index >= 15 is 0 Å². The van der Waals surface area contributed by atoms with Crippen LogP contribution in [0.2, 0.25) is 0 Å². The first-order chi connectivity index (χ1) is 7.74. The second-order valence-electron chi connectivity index (χ2n) is 5.53. The van der Waals surface area contributed by atoms with E-state index in [1.165, 1.54) is 39.0 Å². The molecule has 2 fully saturated rings. The first-order valence-electron chi connectivity index (χ1n) is 6.80. The number of nitrogens with zero attached hydrogens (tertiary/aromatic N) is 2. The van der Waals surface area contributed by atoms with Crippen LogP contribution in [0, 0.1) is 5.92 Å². The van der Waals surface area contributed by atoms with E-state index in [1.54, 1.807) is 0 Å². The molecule has 16 heavy (non-hydrogen) atoms. The summed E-state index contributed by atoms with van der Waals surface area (Å²) in [6.07, 6.45) is 3.24. The van der Waals surface area contributed by atoms with Gasteiger partial charge in [0.15, 0.2) is 0 Å². The smallest absolute Gasteiger partial charge is 0.0674 e. The van der Waals surface area contributed by atoms with E-state index in [1.807, 2.05) is 0 Å². The Hall–Kier alpha value is -0.120. The lowest BCUT2D eigenvalue weighted by Gasteiger charge is -2.35. The van der Waals surface area contributed by atoms with Gasteiger partial charge in [-0.3, -0.25) is 4.90 Å². The fraction of sp³-hybridized carbons (Fsp3) is 1.00. The van der Waals surface area contributed by atoms with Crippen molar-refractivity contribution >= 4 is 0 Å². The van der Waals surface area contributed by atoms with Gasteiger partial charge in [0.1, 0.15) is 0 Å². The molecule has 0 saturated carbocycles. The van der Waals surface area contributed by atoms with Crippen LogP contribution in [-0.2, 0) is 4.74 Å². The first-order valence-corrected chi connectivity index (χ1v) is 6.80. The Morgan fingerprint density at radius 2 is 1.81 bits per heavy atom. The van der Waals surface area contributed by atoms with Crippen molar-refractivity contribution in [3.8, 4) is 0 Å². The highest BCUT2D eigenvalue weighted by molar-refractivity contribution is 4.73. The van der Waals surface area contributed by atoms with Crippen molar-refractivity contribution in [3.05, 3.63) is 0 Å². The van der Waals surface area contributed by atoms with Crippen LogP contribution in [0.15, 0.2) is 0 Å². The average molecular weight is 226 g/mol. The second kappa shape index (κ2) is 5.99. The molecule has 0 bridgehead atoms. The number of rotatable bonds is 3. The lowest BCUT2D eigenvalue weighted by atomic mass is 10.0. The normalized spacial score (nSPS) is 34.1. The molecule has 0 aromatic rings. The fourth-order valence-corrected chi connectivity index (χ4v) is 2.87. The third-order valence-corrected chi connectivity index (χ3v) is 3.80. The number of hydrogen-bond acceptors (Lipinski definition) is 3. The predicted molar refractivity (Wildman–Crippen MR) is 66.7 cm³/mol. The summed E-state index contributed by atoms with van der Waals surface area (Å²) in [4.78, 5) is 5.18. The van der Waals surface area contributed by atoms with Gasteiger partial charge in [-0.15, -0.1) is 0 Å². The van der Waals surface area contributed by atoms with Gasteiger partial charge in [0.25, 0.3) is 0 Å². The molecule has 2 unspecified atom stereocenters. The van der Waals surface area contributed by atoms with Gasteiger partial charge in [0, 0.05) is 32.7 Å². The minimum atomic E-state index is 0.425. The van der Waals surface area contributed by atoms with E-state index in [0.717, 1.165) is 25.6 Å². The van der Waals surface area contributed by atoms with E-state index in [4.69, 9.17) is 4.74 Å². The van der Waals surface area contributed by atoms with E-state index < -0.39 is 0 Å². The molecule has 0 amide bonds. The Labute approximate surface area is 99.7 Å². The lowest BCUT2D eigenvalue weighted by Crippen LogP contribution is -2.46. The van der Waals surface area contributed by atoms with Gasteiger partial charge in [0.05, 0.1) is 12.7 Å². The second-order valence-corrected chi connectivity index (χ2v) is 5.53. The molecule has 0 aromatic heterocycles. The zero-order valence-corrected chi connectivity index (χ0v) is 10.8. The predicted octanol–water partition coefficient (Wildman–Crippen LogP) is 1.44. The van der Waals surface area contributed by atoms with Crippen LogP contribution < -0.4 is 0 Å². The minimum absolute atomic E-state index is 0.425. The summed E-state index contributed by atoms with van der Waals surface area (Å²) in [5, 5.41) is 0. The minimum Gasteiger partial charge on any atom is -0.376 e. The summed E-state index contributed by atoms with van der Waals surface area (Å²) >= 11 is 0. The lowest BCUT2D eigenvalue weighted by molar-refractivity contribution is -0.0215. The Kier molecular flexibility index (Phi) is 4.62. The molecule has 2 atom stereocenters. The van der Waals surface area contributed by atoms with Crippen molar-refractivity contribution in [1.29, 1.82) is 0 Å². The molecule has 0 N–H and O–H groups in total. The zero-order valence-electron chi connectivity index (χ0n) is 10.8. The van der Waals surface area contributed by atoms with E-state index in [9.17, 15) is 0 Å². The monoisotopic (exact) mass is 226 g/mol.